The maximum atomic E-state index is 12.8. The third kappa shape index (κ3) is 4.16. The molecule has 0 radical (unpaired) electrons. The molecule has 4 heterocycles. The predicted octanol–water partition coefficient (Wildman–Crippen LogP) is 2.31. The number of benzene rings is 1. The highest BCUT2D eigenvalue weighted by atomic mass is 16.2. The number of imidazole rings is 1. The van der Waals surface area contributed by atoms with Crippen LogP contribution in [0.25, 0.3) is 11.0 Å². The fourth-order valence-corrected chi connectivity index (χ4v) is 3.71. The highest BCUT2D eigenvalue weighted by molar-refractivity contribution is 5.80. The van der Waals surface area contributed by atoms with Crippen LogP contribution in [0.5, 0.6) is 0 Å². The summed E-state index contributed by atoms with van der Waals surface area (Å²) in [5, 5.41) is 11.8. The van der Waals surface area contributed by atoms with E-state index in [1.807, 2.05) is 58.0 Å². The number of amides is 1. The lowest BCUT2D eigenvalue weighted by molar-refractivity contribution is -0.132. The summed E-state index contributed by atoms with van der Waals surface area (Å²) in [6.07, 6.45) is 5.19. The van der Waals surface area contributed by atoms with Crippen LogP contribution in [0.2, 0.25) is 0 Å². The second-order valence-corrected chi connectivity index (χ2v) is 7.37. The second-order valence-electron chi connectivity index (χ2n) is 7.37. The number of carbonyl (C=O) groups excluding carboxylic acids is 1. The summed E-state index contributed by atoms with van der Waals surface area (Å²) in [4.78, 5) is 25.3. The number of para-hydroxylation sites is 2. The first-order valence-electron chi connectivity index (χ1n) is 10.2. The molecule has 31 heavy (non-hydrogen) atoms. The maximum absolute atomic E-state index is 12.8. The summed E-state index contributed by atoms with van der Waals surface area (Å²) in [7, 11) is 0. The van der Waals surface area contributed by atoms with Crippen molar-refractivity contribution in [2.45, 2.75) is 6.54 Å². The zero-order valence-corrected chi connectivity index (χ0v) is 16.9. The molecule has 1 aromatic carbocycles. The van der Waals surface area contributed by atoms with Crippen LogP contribution in [-0.2, 0) is 11.3 Å². The van der Waals surface area contributed by atoms with Crippen LogP contribution in [0.1, 0.15) is 0 Å². The number of carbonyl (C=O) groups is 1. The van der Waals surface area contributed by atoms with Gasteiger partial charge in [0.05, 0.1) is 29.2 Å². The Kier molecular flexibility index (Phi) is 5.14. The standard InChI is InChI=1S/C22H22N8O/c31-22(15-30-16-24-18-5-1-2-6-19(18)30)29-12-10-28(11-13-29)21-8-7-20(26-27-21)25-17-4-3-9-23-14-17/h1-9,14,16H,10-13,15H2,(H,25,26). The second kappa shape index (κ2) is 8.39. The third-order valence-corrected chi connectivity index (χ3v) is 5.37. The van der Waals surface area contributed by atoms with E-state index in [1.165, 1.54) is 0 Å². The van der Waals surface area contributed by atoms with Crippen LogP contribution in [0.4, 0.5) is 17.3 Å². The van der Waals surface area contributed by atoms with Gasteiger partial charge in [0, 0.05) is 32.4 Å². The lowest BCUT2D eigenvalue weighted by atomic mass is 10.3. The molecule has 0 unspecified atom stereocenters. The molecule has 0 saturated carbocycles. The molecule has 3 aromatic heterocycles. The minimum absolute atomic E-state index is 0.102. The van der Waals surface area contributed by atoms with Gasteiger partial charge >= 0.3 is 0 Å². The van der Waals surface area contributed by atoms with Crippen molar-refractivity contribution in [1.82, 2.24) is 29.6 Å². The minimum Gasteiger partial charge on any atom is -0.352 e. The number of pyridine rings is 1. The normalized spacial score (nSPS) is 14.1. The first-order valence-corrected chi connectivity index (χ1v) is 10.2. The number of nitrogens with one attached hydrogen (secondary N) is 1. The molecule has 0 aliphatic carbocycles. The van der Waals surface area contributed by atoms with Crippen molar-refractivity contribution in [1.29, 1.82) is 0 Å². The number of fused-ring (bicyclic) bond motifs is 1. The molecule has 1 N–H and O–H groups in total. The molecule has 156 valence electrons. The Bertz CT molecular complexity index is 1170. The van der Waals surface area contributed by atoms with Gasteiger partial charge in [-0.15, -0.1) is 10.2 Å². The molecule has 0 bridgehead atoms. The zero-order valence-electron chi connectivity index (χ0n) is 16.9. The summed E-state index contributed by atoms with van der Waals surface area (Å²) in [6, 6.07) is 15.5. The molecule has 9 nitrogen and oxygen atoms in total. The number of hydrogen-bond donors (Lipinski definition) is 1. The summed E-state index contributed by atoms with van der Waals surface area (Å²) in [5.41, 5.74) is 2.74. The number of anilines is 3. The van der Waals surface area contributed by atoms with Gasteiger partial charge in [-0.05, 0) is 36.4 Å². The van der Waals surface area contributed by atoms with Crippen LogP contribution in [0, 0.1) is 0 Å². The number of aromatic nitrogens is 5. The van der Waals surface area contributed by atoms with Crippen molar-refractivity contribution in [3.05, 3.63) is 67.3 Å². The fraction of sp³-hybridized carbons (Fsp3) is 0.227. The van der Waals surface area contributed by atoms with Gasteiger partial charge in [-0.2, -0.15) is 0 Å². The van der Waals surface area contributed by atoms with E-state index in [2.05, 4.69) is 30.4 Å². The first kappa shape index (κ1) is 19.0. The zero-order chi connectivity index (χ0) is 21.0. The number of rotatable bonds is 5. The van der Waals surface area contributed by atoms with E-state index in [1.54, 1.807) is 18.7 Å². The van der Waals surface area contributed by atoms with Crippen molar-refractivity contribution in [2.75, 3.05) is 36.4 Å². The summed E-state index contributed by atoms with van der Waals surface area (Å²) in [5.74, 6) is 1.58. The van der Waals surface area contributed by atoms with Crippen molar-refractivity contribution < 1.29 is 4.79 Å². The molecule has 1 aliphatic rings. The monoisotopic (exact) mass is 414 g/mol. The molecule has 5 rings (SSSR count). The molecule has 9 heteroatoms. The van der Waals surface area contributed by atoms with Crippen LogP contribution in [0.3, 0.4) is 0 Å². The summed E-state index contributed by atoms with van der Waals surface area (Å²) >= 11 is 0. The summed E-state index contributed by atoms with van der Waals surface area (Å²) < 4.78 is 1.91. The molecular weight excluding hydrogens is 392 g/mol. The molecule has 1 amide bonds. The van der Waals surface area contributed by atoms with E-state index in [0.717, 1.165) is 35.6 Å². The Balaban J connectivity index is 1.17. The third-order valence-electron chi connectivity index (χ3n) is 5.37. The lowest BCUT2D eigenvalue weighted by Gasteiger charge is -2.35. The Morgan fingerprint density at radius 1 is 0.968 bits per heavy atom. The Labute approximate surface area is 179 Å². The van der Waals surface area contributed by atoms with Gasteiger partial charge in [-0.3, -0.25) is 9.78 Å². The van der Waals surface area contributed by atoms with Gasteiger partial charge in [-0.25, -0.2) is 4.98 Å². The van der Waals surface area contributed by atoms with Gasteiger partial charge in [0.25, 0.3) is 0 Å². The van der Waals surface area contributed by atoms with Gasteiger partial charge in [0.1, 0.15) is 6.54 Å². The number of nitrogens with zero attached hydrogens (tertiary/aromatic N) is 7. The Hall–Kier alpha value is -4.01. The quantitative estimate of drug-likeness (QED) is 0.536. The van der Waals surface area contributed by atoms with Crippen molar-refractivity contribution in [3.63, 3.8) is 0 Å². The fourth-order valence-electron chi connectivity index (χ4n) is 3.71. The number of piperazine rings is 1. The smallest absolute Gasteiger partial charge is 0.242 e. The largest absolute Gasteiger partial charge is 0.352 e. The van der Waals surface area contributed by atoms with Crippen molar-refractivity contribution in [3.8, 4) is 0 Å². The van der Waals surface area contributed by atoms with Gasteiger partial charge in [0.15, 0.2) is 11.6 Å². The Morgan fingerprint density at radius 3 is 2.61 bits per heavy atom. The molecule has 0 spiro atoms. The first-order chi connectivity index (χ1) is 15.3. The van der Waals surface area contributed by atoms with Gasteiger partial charge in [0.2, 0.25) is 5.91 Å². The molecule has 1 aliphatic heterocycles. The van der Waals surface area contributed by atoms with Crippen molar-refractivity contribution >= 4 is 34.3 Å². The van der Waals surface area contributed by atoms with Crippen LogP contribution >= 0.6 is 0 Å². The van der Waals surface area contributed by atoms with Gasteiger partial charge in [-0.1, -0.05) is 12.1 Å². The molecular formula is C22H22N8O. The highest BCUT2D eigenvalue weighted by Crippen LogP contribution is 2.18. The van der Waals surface area contributed by atoms with Crippen LogP contribution in [-0.4, -0.2) is 61.7 Å². The van der Waals surface area contributed by atoms with E-state index >= 15 is 0 Å². The lowest BCUT2D eigenvalue weighted by Crippen LogP contribution is -2.49. The highest BCUT2D eigenvalue weighted by Gasteiger charge is 2.22. The topological polar surface area (TPSA) is 92.1 Å². The van der Waals surface area contributed by atoms with Crippen molar-refractivity contribution in [2.24, 2.45) is 0 Å². The van der Waals surface area contributed by atoms with Crippen LogP contribution in [0.15, 0.2) is 67.3 Å². The molecule has 0 atom stereocenters. The number of hydrogen-bond acceptors (Lipinski definition) is 7. The minimum atomic E-state index is 0.102. The molecule has 1 saturated heterocycles. The predicted molar refractivity (Wildman–Crippen MR) is 118 cm³/mol. The van der Waals surface area contributed by atoms with E-state index < -0.39 is 0 Å². The molecule has 4 aromatic rings. The SMILES string of the molecule is O=C(Cn1cnc2ccccc21)N1CCN(c2ccc(Nc3cccnc3)nn2)CC1. The van der Waals surface area contributed by atoms with E-state index in [4.69, 9.17) is 0 Å². The van der Waals surface area contributed by atoms with E-state index in [9.17, 15) is 4.79 Å². The Morgan fingerprint density at radius 2 is 1.84 bits per heavy atom. The summed E-state index contributed by atoms with van der Waals surface area (Å²) in [6.45, 7) is 3.06. The average molecular weight is 414 g/mol. The van der Waals surface area contributed by atoms with Crippen LogP contribution < -0.4 is 10.2 Å². The van der Waals surface area contributed by atoms with E-state index in [0.29, 0.717) is 25.5 Å². The average Bonchev–Trinajstić information content (AvgIpc) is 3.23. The molecule has 1 fully saturated rings. The maximum Gasteiger partial charge on any atom is 0.242 e. The van der Waals surface area contributed by atoms with Gasteiger partial charge < -0.3 is 19.7 Å². The van der Waals surface area contributed by atoms with E-state index in [-0.39, 0.29) is 5.91 Å².